The minimum atomic E-state index is -1.05. The summed E-state index contributed by atoms with van der Waals surface area (Å²) < 4.78 is 5.66. The third kappa shape index (κ3) is 9.65. The van der Waals surface area contributed by atoms with Crippen molar-refractivity contribution in [3.63, 3.8) is 0 Å². The predicted octanol–water partition coefficient (Wildman–Crippen LogP) is 3.19. The van der Waals surface area contributed by atoms with Crippen molar-refractivity contribution >= 4 is 11.8 Å². The molecule has 0 aliphatic carbocycles. The van der Waals surface area contributed by atoms with Crippen molar-refractivity contribution in [2.24, 2.45) is 0 Å². The molecule has 4 rings (SSSR count). The molecule has 183 valence electrons. The number of aromatic carboxylic acids is 1. The van der Waals surface area contributed by atoms with Gasteiger partial charge in [-0.05, 0) is 55.4 Å². The molecule has 2 N–H and O–H groups in total. The number of hydrogen-bond donors (Lipinski definition) is 2. The summed E-state index contributed by atoms with van der Waals surface area (Å²) in [5.41, 5.74) is 3.44. The summed E-state index contributed by atoms with van der Waals surface area (Å²) in [4.78, 5) is 14.7. The minimum Gasteiger partial charge on any atom is -0.493 e. The SMILES string of the molecule is Cc1ccc(CCOc2ccc(CO)cc2)cc1.[CH2-]N1CCN(c2ccc(C(=O)O)nn2)CC1.[Y]. The number of aliphatic hydroxyl groups is 1. The van der Waals surface area contributed by atoms with E-state index in [9.17, 15) is 4.79 Å². The Morgan fingerprint density at radius 1 is 0.943 bits per heavy atom. The third-order valence-corrected chi connectivity index (χ3v) is 5.45. The number of ether oxygens (including phenoxy) is 1. The fourth-order valence-electron chi connectivity index (χ4n) is 3.32. The zero-order chi connectivity index (χ0) is 24.3. The fourth-order valence-corrected chi connectivity index (χ4v) is 3.32. The molecule has 2 aromatic carbocycles. The van der Waals surface area contributed by atoms with Crippen molar-refractivity contribution in [1.29, 1.82) is 0 Å². The van der Waals surface area contributed by atoms with Crippen LogP contribution in [0.25, 0.3) is 0 Å². The molecule has 1 radical (unpaired) electrons. The number of aromatic nitrogens is 2. The summed E-state index contributed by atoms with van der Waals surface area (Å²) in [6.07, 6.45) is 0.905. The van der Waals surface area contributed by atoms with E-state index in [0.29, 0.717) is 6.61 Å². The zero-order valence-corrected chi connectivity index (χ0v) is 22.8. The van der Waals surface area contributed by atoms with Gasteiger partial charge in [-0.15, -0.1) is 10.2 Å². The summed E-state index contributed by atoms with van der Waals surface area (Å²) in [7, 11) is 3.86. The number of piperazine rings is 1. The molecule has 1 fully saturated rings. The molecule has 8 nitrogen and oxygen atoms in total. The first-order valence-electron chi connectivity index (χ1n) is 11.2. The number of hydrogen-bond acceptors (Lipinski definition) is 7. The van der Waals surface area contributed by atoms with Crippen molar-refractivity contribution in [3.8, 4) is 5.75 Å². The summed E-state index contributed by atoms with van der Waals surface area (Å²) in [6, 6.07) is 19.2. The van der Waals surface area contributed by atoms with Gasteiger partial charge in [-0.2, -0.15) is 0 Å². The molecule has 1 aromatic heterocycles. The zero-order valence-electron chi connectivity index (χ0n) is 20.0. The molecule has 1 saturated heterocycles. The number of anilines is 1. The van der Waals surface area contributed by atoms with Gasteiger partial charge in [-0.3, -0.25) is 7.05 Å². The van der Waals surface area contributed by atoms with Crippen LogP contribution in [0.1, 0.15) is 27.2 Å². The van der Waals surface area contributed by atoms with Gasteiger partial charge in [0.25, 0.3) is 0 Å². The molecule has 0 amide bonds. The second-order valence-corrected chi connectivity index (χ2v) is 8.07. The molecule has 9 heteroatoms. The molecule has 1 aliphatic rings. The van der Waals surface area contributed by atoms with E-state index in [1.54, 1.807) is 6.07 Å². The van der Waals surface area contributed by atoms with E-state index in [-0.39, 0.29) is 45.0 Å². The molecule has 0 unspecified atom stereocenters. The van der Waals surface area contributed by atoms with Crippen molar-refractivity contribution < 1.29 is 52.5 Å². The van der Waals surface area contributed by atoms with Crippen LogP contribution >= 0.6 is 0 Å². The first-order valence-corrected chi connectivity index (χ1v) is 11.2. The van der Waals surface area contributed by atoms with Crippen molar-refractivity contribution in [1.82, 2.24) is 15.1 Å². The number of aliphatic hydroxyl groups excluding tert-OH is 1. The average molecular weight is 552 g/mol. The summed E-state index contributed by atoms with van der Waals surface area (Å²) in [6.45, 7) is 6.26. The Hall–Kier alpha value is -2.39. The van der Waals surface area contributed by atoms with Crippen LogP contribution < -0.4 is 9.64 Å². The maximum absolute atomic E-state index is 10.6. The maximum Gasteiger partial charge on any atom is 0.356 e. The van der Waals surface area contributed by atoms with Gasteiger partial charge in [0.2, 0.25) is 0 Å². The van der Waals surface area contributed by atoms with Gasteiger partial charge in [0.05, 0.1) is 13.2 Å². The van der Waals surface area contributed by atoms with E-state index < -0.39 is 5.97 Å². The Morgan fingerprint density at radius 3 is 2.11 bits per heavy atom. The fraction of sp³-hybridized carbons (Fsp3) is 0.308. The van der Waals surface area contributed by atoms with Crippen LogP contribution in [-0.2, 0) is 45.7 Å². The van der Waals surface area contributed by atoms with Crippen molar-refractivity contribution in [2.45, 2.75) is 20.0 Å². The van der Waals surface area contributed by atoms with E-state index in [4.69, 9.17) is 14.9 Å². The van der Waals surface area contributed by atoms with Crippen LogP contribution in [0.15, 0.2) is 60.7 Å². The van der Waals surface area contributed by atoms with Gasteiger partial charge in [0, 0.05) is 52.2 Å². The molecule has 0 spiro atoms. The standard InChI is InChI=1S/C16H18O2.C10H13N4O2.Y/c1-13-2-4-14(5-3-13)10-11-18-16-8-6-15(12-17)7-9-16;1-13-4-6-14(7-5-13)9-3-2-8(10(15)16)11-12-9;/h2-9,17H,10-12H2,1H3;2-3H,1,4-7H2,(H,15,16);/q;-1;. The molecular formula is C26H31N4O4Y-. The van der Waals surface area contributed by atoms with E-state index in [1.165, 1.54) is 17.2 Å². The molecule has 35 heavy (non-hydrogen) atoms. The Labute approximate surface area is 231 Å². The molecule has 0 atom stereocenters. The third-order valence-electron chi connectivity index (χ3n) is 5.45. The van der Waals surface area contributed by atoms with Crippen molar-refractivity contribution in [3.05, 3.63) is 90.1 Å². The largest absolute Gasteiger partial charge is 0.493 e. The molecule has 2 heterocycles. The second-order valence-electron chi connectivity index (χ2n) is 8.07. The van der Waals surface area contributed by atoms with Gasteiger partial charge in [0.15, 0.2) is 11.5 Å². The first kappa shape index (κ1) is 28.8. The first-order chi connectivity index (χ1) is 16.4. The molecular weight excluding hydrogens is 521 g/mol. The number of aryl methyl sites for hydroxylation is 1. The van der Waals surface area contributed by atoms with E-state index in [0.717, 1.165) is 49.7 Å². The number of carbonyl (C=O) groups is 1. The quantitative estimate of drug-likeness (QED) is 0.432. The van der Waals surface area contributed by atoms with Crippen molar-refractivity contribution in [2.75, 3.05) is 37.7 Å². The van der Waals surface area contributed by atoms with Gasteiger partial charge in [0.1, 0.15) is 5.75 Å². The summed E-state index contributed by atoms with van der Waals surface area (Å²) >= 11 is 0. The smallest absolute Gasteiger partial charge is 0.356 e. The van der Waals surface area contributed by atoms with Gasteiger partial charge >= 0.3 is 5.97 Å². The normalized spacial score (nSPS) is 13.3. The number of carboxylic acids is 1. The molecule has 1 aliphatic heterocycles. The summed E-state index contributed by atoms with van der Waals surface area (Å²) in [5.74, 6) is 0.513. The Morgan fingerprint density at radius 2 is 1.57 bits per heavy atom. The monoisotopic (exact) mass is 552 g/mol. The topological polar surface area (TPSA) is 99.0 Å². The number of nitrogens with zero attached hydrogens (tertiary/aromatic N) is 4. The molecule has 3 aromatic rings. The van der Waals surface area contributed by atoms with E-state index >= 15 is 0 Å². The number of benzene rings is 2. The second kappa shape index (κ2) is 14.9. The van der Waals surface area contributed by atoms with Crippen LogP contribution in [0.5, 0.6) is 5.75 Å². The predicted molar refractivity (Wildman–Crippen MR) is 131 cm³/mol. The van der Waals surface area contributed by atoms with Gasteiger partial charge < -0.3 is 24.7 Å². The number of rotatable bonds is 7. The molecule has 0 saturated carbocycles. The minimum absolute atomic E-state index is 0. The van der Waals surface area contributed by atoms with E-state index in [1.807, 2.05) is 29.2 Å². The van der Waals surface area contributed by atoms with Crippen LogP contribution in [0.4, 0.5) is 5.82 Å². The van der Waals surface area contributed by atoms with Crippen LogP contribution in [-0.4, -0.2) is 64.1 Å². The van der Waals surface area contributed by atoms with Crippen LogP contribution in [0.2, 0.25) is 0 Å². The Balaban J connectivity index is 0.000000241. The molecule has 0 bridgehead atoms. The number of carboxylic acid groups (broad SMARTS) is 1. The van der Waals surface area contributed by atoms with Crippen LogP contribution in [0.3, 0.4) is 0 Å². The van der Waals surface area contributed by atoms with Crippen LogP contribution in [0, 0.1) is 14.0 Å². The van der Waals surface area contributed by atoms with E-state index in [2.05, 4.69) is 53.3 Å². The van der Waals surface area contributed by atoms with Gasteiger partial charge in [-0.1, -0.05) is 42.0 Å². The Kier molecular flexibility index (Phi) is 12.3. The average Bonchev–Trinajstić information content (AvgIpc) is 2.87. The maximum atomic E-state index is 10.6. The summed E-state index contributed by atoms with van der Waals surface area (Å²) in [5, 5.41) is 25.2. The Bertz CT molecular complexity index is 1020. The van der Waals surface area contributed by atoms with Gasteiger partial charge in [-0.25, -0.2) is 4.79 Å².